The zero-order valence-electron chi connectivity index (χ0n) is 8.61. The van der Waals surface area contributed by atoms with Crippen molar-refractivity contribution in [3.8, 4) is 0 Å². The first kappa shape index (κ1) is 12.7. The first-order valence-electron chi connectivity index (χ1n) is 4.82. The van der Waals surface area contributed by atoms with Crippen LogP contribution in [-0.4, -0.2) is 28.8 Å². The highest BCUT2D eigenvalue weighted by molar-refractivity contribution is 8.12. The standard InChI is InChI=1S/C10H10O2S4/c1-2-14-8-6(12)10-9(5(11)7(8)13)15-3-4-16-10/h13H,2-4H2,1H3. The minimum Gasteiger partial charge on any atom is -0.287 e. The van der Waals surface area contributed by atoms with Crippen LogP contribution in [0.25, 0.3) is 0 Å². The number of ketones is 2. The second kappa shape index (κ2) is 5.25. The molecule has 0 aromatic carbocycles. The smallest absolute Gasteiger partial charge is 0.208 e. The zero-order chi connectivity index (χ0) is 11.7. The van der Waals surface area contributed by atoms with Gasteiger partial charge in [0, 0.05) is 11.5 Å². The lowest BCUT2D eigenvalue weighted by atomic mass is 10.1. The number of thiol groups is 1. The molecule has 2 rings (SSSR count). The molecule has 0 amide bonds. The van der Waals surface area contributed by atoms with E-state index in [1.54, 1.807) is 0 Å². The number of hydrogen-bond donors (Lipinski definition) is 1. The van der Waals surface area contributed by atoms with Crippen molar-refractivity contribution in [2.24, 2.45) is 0 Å². The highest BCUT2D eigenvalue weighted by Crippen LogP contribution is 2.44. The van der Waals surface area contributed by atoms with Crippen molar-refractivity contribution in [1.29, 1.82) is 0 Å². The van der Waals surface area contributed by atoms with E-state index in [4.69, 9.17) is 0 Å². The van der Waals surface area contributed by atoms with Crippen molar-refractivity contribution in [1.82, 2.24) is 0 Å². The van der Waals surface area contributed by atoms with Gasteiger partial charge in [-0.25, -0.2) is 0 Å². The molecule has 86 valence electrons. The van der Waals surface area contributed by atoms with Crippen molar-refractivity contribution in [3.63, 3.8) is 0 Å². The van der Waals surface area contributed by atoms with E-state index in [2.05, 4.69) is 12.6 Å². The highest BCUT2D eigenvalue weighted by Gasteiger charge is 2.35. The van der Waals surface area contributed by atoms with E-state index >= 15 is 0 Å². The summed E-state index contributed by atoms with van der Waals surface area (Å²) in [5.41, 5.74) is 0. The number of carbonyl (C=O) groups is 2. The maximum atomic E-state index is 12.1. The molecule has 1 aliphatic carbocycles. The zero-order valence-corrected chi connectivity index (χ0v) is 12.0. The molecule has 0 aromatic rings. The van der Waals surface area contributed by atoms with Crippen LogP contribution in [0, 0.1) is 0 Å². The molecule has 0 unspecified atom stereocenters. The quantitative estimate of drug-likeness (QED) is 0.625. The fraction of sp³-hybridized carbons (Fsp3) is 0.400. The van der Waals surface area contributed by atoms with Crippen LogP contribution < -0.4 is 0 Å². The van der Waals surface area contributed by atoms with E-state index in [0.717, 1.165) is 17.3 Å². The Kier molecular flexibility index (Phi) is 4.15. The van der Waals surface area contributed by atoms with Crippen LogP contribution in [0.2, 0.25) is 0 Å². The molecule has 0 aromatic heterocycles. The Morgan fingerprint density at radius 3 is 2.31 bits per heavy atom. The summed E-state index contributed by atoms with van der Waals surface area (Å²) in [6, 6.07) is 0. The van der Waals surface area contributed by atoms with Gasteiger partial charge in [-0.15, -0.1) is 47.9 Å². The monoisotopic (exact) mass is 290 g/mol. The van der Waals surface area contributed by atoms with Crippen LogP contribution in [0.4, 0.5) is 0 Å². The normalized spacial score (nSPS) is 21.6. The van der Waals surface area contributed by atoms with Crippen molar-refractivity contribution >= 4 is 59.5 Å². The number of allylic oxidation sites excluding steroid dienone is 4. The minimum atomic E-state index is -0.0777. The van der Waals surface area contributed by atoms with Crippen molar-refractivity contribution in [2.45, 2.75) is 6.92 Å². The van der Waals surface area contributed by atoms with E-state index in [-0.39, 0.29) is 11.6 Å². The van der Waals surface area contributed by atoms with Gasteiger partial charge < -0.3 is 0 Å². The SMILES string of the molecule is CCSC1=C(S)C(=O)C2=C(SCCS2)C1=O. The maximum Gasteiger partial charge on any atom is 0.208 e. The average molecular weight is 290 g/mol. The van der Waals surface area contributed by atoms with Gasteiger partial charge in [0.1, 0.15) is 0 Å². The predicted octanol–water partition coefficient (Wildman–Crippen LogP) is 2.72. The van der Waals surface area contributed by atoms with Crippen molar-refractivity contribution in [3.05, 3.63) is 19.6 Å². The molecule has 0 radical (unpaired) electrons. The van der Waals surface area contributed by atoms with Gasteiger partial charge in [-0.1, -0.05) is 6.92 Å². The third-order valence-corrected chi connectivity index (χ3v) is 6.23. The summed E-state index contributed by atoms with van der Waals surface area (Å²) in [6.45, 7) is 1.96. The van der Waals surface area contributed by atoms with Crippen LogP contribution >= 0.6 is 47.9 Å². The first-order valence-corrected chi connectivity index (χ1v) is 8.22. The fourth-order valence-electron chi connectivity index (χ4n) is 1.46. The van der Waals surface area contributed by atoms with Crippen molar-refractivity contribution < 1.29 is 9.59 Å². The summed E-state index contributed by atoms with van der Waals surface area (Å²) in [5.74, 6) is 2.47. The Balaban J connectivity index is 2.42. The maximum absolute atomic E-state index is 12.1. The lowest BCUT2D eigenvalue weighted by Crippen LogP contribution is -2.21. The molecule has 6 heteroatoms. The van der Waals surface area contributed by atoms with Gasteiger partial charge in [0.15, 0.2) is 0 Å². The Morgan fingerprint density at radius 1 is 1.19 bits per heavy atom. The molecule has 1 heterocycles. The summed E-state index contributed by atoms with van der Waals surface area (Å²) in [5, 5.41) is 0. The largest absolute Gasteiger partial charge is 0.287 e. The lowest BCUT2D eigenvalue weighted by molar-refractivity contribution is -0.114. The highest BCUT2D eigenvalue weighted by atomic mass is 32.2. The Morgan fingerprint density at radius 2 is 1.75 bits per heavy atom. The number of thioether (sulfide) groups is 3. The van der Waals surface area contributed by atoms with Crippen LogP contribution in [-0.2, 0) is 9.59 Å². The molecular weight excluding hydrogens is 280 g/mol. The van der Waals surface area contributed by atoms with Gasteiger partial charge in [-0.2, -0.15) is 0 Å². The van der Waals surface area contributed by atoms with E-state index in [9.17, 15) is 9.59 Å². The number of hydrogen-bond acceptors (Lipinski definition) is 6. The van der Waals surface area contributed by atoms with E-state index in [1.807, 2.05) is 6.92 Å². The Labute approximate surface area is 112 Å². The van der Waals surface area contributed by atoms with Crippen molar-refractivity contribution in [2.75, 3.05) is 17.3 Å². The number of rotatable bonds is 2. The van der Waals surface area contributed by atoms with Crippen LogP contribution in [0.5, 0.6) is 0 Å². The molecule has 1 aliphatic heterocycles. The minimum absolute atomic E-state index is 0.0105. The van der Waals surface area contributed by atoms with E-state index < -0.39 is 0 Å². The summed E-state index contributed by atoms with van der Waals surface area (Å²) in [6.07, 6.45) is 0. The molecule has 0 saturated heterocycles. The van der Waals surface area contributed by atoms with E-state index in [0.29, 0.717) is 19.6 Å². The molecule has 0 fully saturated rings. The predicted molar refractivity (Wildman–Crippen MR) is 76.1 cm³/mol. The summed E-state index contributed by atoms with van der Waals surface area (Å²) >= 11 is 8.57. The fourth-order valence-corrected chi connectivity index (χ4v) is 5.10. The second-order valence-corrected chi connectivity index (χ2v) is 7.06. The molecular formula is C10H10O2S4. The summed E-state index contributed by atoms with van der Waals surface area (Å²) < 4.78 is 0. The number of Topliss-reactive ketones (excluding diaryl/α,β-unsaturated/α-hetero) is 2. The molecule has 0 saturated carbocycles. The van der Waals surface area contributed by atoms with Crippen LogP contribution in [0.15, 0.2) is 19.6 Å². The topological polar surface area (TPSA) is 34.1 Å². The third-order valence-electron chi connectivity index (χ3n) is 2.12. The van der Waals surface area contributed by atoms with Crippen LogP contribution in [0.3, 0.4) is 0 Å². The van der Waals surface area contributed by atoms with Gasteiger partial charge in [-0.3, -0.25) is 9.59 Å². The van der Waals surface area contributed by atoms with Crippen LogP contribution in [0.1, 0.15) is 6.92 Å². The Bertz CT molecular complexity index is 423. The summed E-state index contributed by atoms with van der Waals surface area (Å²) in [7, 11) is 0. The molecule has 0 N–H and O–H groups in total. The van der Waals surface area contributed by atoms with Gasteiger partial charge in [0.25, 0.3) is 0 Å². The number of carbonyl (C=O) groups excluding carboxylic acids is 2. The second-order valence-electron chi connectivity index (χ2n) is 3.12. The molecule has 0 bridgehead atoms. The van der Waals surface area contributed by atoms with Gasteiger partial charge in [0.05, 0.1) is 19.6 Å². The van der Waals surface area contributed by atoms with Gasteiger partial charge in [-0.05, 0) is 5.75 Å². The first-order chi connectivity index (χ1) is 7.66. The molecule has 16 heavy (non-hydrogen) atoms. The Hall–Kier alpha value is 0.220. The van der Waals surface area contributed by atoms with Gasteiger partial charge in [0.2, 0.25) is 11.6 Å². The molecule has 2 nitrogen and oxygen atoms in total. The van der Waals surface area contributed by atoms with Gasteiger partial charge >= 0.3 is 0 Å². The average Bonchev–Trinajstić information content (AvgIpc) is 2.32. The molecule has 0 spiro atoms. The third kappa shape index (κ3) is 2.12. The lowest BCUT2D eigenvalue weighted by Gasteiger charge is -2.23. The summed E-state index contributed by atoms with van der Waals surface area (Å²) in [4.78, 5) is 26.2. The molecule has 2 aliphatic rings. The molecule has 0 atom stereocenters. The van der Waals surface area contributed by atoms with E-state index in [1.165, 1.54) is 35.3 Å².